The van der Waals surface area contributed by atoms with Gasteiger partial charge in [0, 0.05) is 18.5 Å². The molecule has 0 heterocycles. The standard InChI is InChI=1S/C20H22FNO3/c1-15(23)17-7-9-19(10-8-17)25-13-3-6-20(24)22-12-11-16-4-2-5-18(21)14-16/h2,4-5,7-10,14H,3,6,11-13H2,1H3,(H,22,24). The Kier molecular flexibility index (Phi) is 7.14. The van der Waals surface area contributed by atoms with Gasteiger partial charge in [0.2, 0.25) is 5.91 Å². The third kappa shape index (κ3) is 6.75. The molecule has 0 aliphatic heterocycles. The van der Waals surface area contributed by atoms with Crippen molar-refractivity contribution in [2.75, 3.05) is 13.2 Å². The lowest BCUT2D eigenvalue weighted by Crippen LogP contribution is -2.25. The molecular weight excluding hydrogens is 321 g/mol. The van der Waals surface area contributed by atoms with Crippen molar-refractivity contribution in [1.82, 2.24) is 5.32 Å². The Hall–Kier alpha value is -2.69. The second-order valence-electron chi connectivity index (χ2n) is 5.76. The topological polar surface area (TPSA) is 55.4 Å². The maximum absolute atomic E-state index is 13.0. The van der Waals surface area contributed by atoms with Crippen molar-refractivity contribution in [3.63, 3.8) is 0 Å². The molecule has 0 saturated carbocycles. The van der Waals surface area contributed by atoms with E-state index in [1.807, 2.05) is 6.07 Å². The summed E-state index contributed by atoms with van der Waals surface area (Å²) >= 11 is 0. The van der Waals surface area contributed by atoms with Gasteiger partial charge in [-0.3, -0.25) is 9.59 Å². The third-order valence-electron chi connectivity index (χ3n) is 3.70. The van der Waals surface area contributed by atoms with Gasteiger partial charge in [-0.05, 0) is 61.7 Å². The number of ketones is 1. The predicted octanol–water partition coefficient (Wildman–Crippen LogP) is 3.55. The van der Waals surface area contributed by atoms with Crippen molar-refractivity contribution >= 4 is 11.7 Å². The molecule has 0 bridgehead atoms. The number of carbonyl (C=O) groups is 2. The smallest absolute Gasteiger partial charge is 0.220 e. The fraction of sp³-hybridized carbons (Fsp3) is 0.300. The number of rotatable bonds is 9. The van der Waals surface area contributed by atoms with Crippen LogP contribution in [-0.2, 0) is 11.2 Å². The highest BCUT2D eigenvalue weighted by Crippen LogP contribution is 2.13. The number of ether oxygens (including phenoxy) is 1. The summed E-state index contributed by atoms with van der Waals surface area (Å²) in [4.78, 5) is 22.9. The van der Waals surface area contributed by atoms with Gasteiger partial charge < -0.3 is 10.1 Å². The van der Waals surface area contributed by atoms with Gasteiger partial charge in [-0.25, -0.2) is 4.39 Å². The molecular formula is C20H22FNO3. The molecule has 1 amide bonds. The van der Waals surface area contributed by atoms with Crippen LogP contribution in [0.5, 0.6) is 5.75 Å². The van der Waals surface area contributed by atoms with E-state index in [0.29, 0.717) is 43.7 Å². The molecule has 5 heteroatoms. The predicted molar refractivity (Wildman–Crippen MR) is 94.3 cm³/mol. The van der Waals surface area contributed by atoms with E-state index in [9.17, 15) is 14.0 Å². The van der Waals surface area contributed by atoms with Gasteiger partial charge in [0.25, 0.3) is 0 Å². The Bertz CT molecular complexity index is 713. The molecule has 2 aromatic carbocycles. The Morgan fingerprint density at radius 1 is 1.12 bits per heavy atom. The first-order valence-electron chi connectivity index (χ1n) is 8.29. The van der Waals surface area contributed by atoms with Gasteiger partial charge in [-0.2, -0.15) is 0 Å². The summed E-state index contributed by atoms with van der Waals surface area (Å²) in [5.41, 5.74) is 1.50. The molecule has 1 N–H and O–H groups in total. The number of amides is 1. The second-order valence-corrected chi connectivity index (χ2v) is 5.76. The van der Waals surface area contributed by atoms with E-state index in [1.165, 1.54) is 19.1 Å². The zero-order valence-corrected chi connectivity index (χ0v) is 14.3. The lowest BCUT2D eigenvalue weighted by atomic mass is 10.1. The summed E-state index contributed by atoms with van der Waals surface area (Å²) < 4.78 is 18.6. The molecule has 2 rings (SSSR count). The summed E-state index contributed by atoms with van der Waals surface area (Å²) in [7, 11) is 0. The molecule has 0 spiro atoms. The van der Waals surface area contributed by atoms with Crippen molar-refractivity contribution in [1.29, 1.82) is 0 Å². The molecule has 0 saturated heterocycles. The number of Topliss-reactive ketones (excluding diaryl/α,β-unsaturated/α-hetero) is 1. The van der Waals surface area contributed by atoms with Crippen LogP contribution < -0.4 is 10.1 Å². The minimum atomic E-state index is -0.266. The molecule has 0 aromatic heterocycles. The number of halogens is 1. The van der Waals surface area contributed by atoms with Crippen LogP contribution in [0.3, 0.4) is 0 Å². The van der Waals surface area contributed by atoms with E-state index in [0.717, 1.165) is 5.56 Å². The van der Waals surface area contributed by atoms with Crippen molar-refractivity contribution in [2.24, 2.45) is 0 Å². The molecule has 2 aromatic rings. The average molecular weight is 343 g/mol. The van der Waals surface area contributed by atoms with Crippen LogP contribution in [0.4, 0.5) is 4.39 Å². The third-order valence-corrected chi connectivity index (χ3v) is 3.70. The van der Waals surface area contributed by atoms with Crippen molar-refractivity contribution in [2.45, 2.75) is 26.2 Å². The van der Waals surface area contributed by atoms with Gasteiger partial charge in [0.1, 0.15) is 11.6 Å². The molecule has 25 heavy (non-hydrogen) atoms. The first-order valence-corrected chi connectivity index (χ1v) is 8.29. The summed E-state index contributed by atoms with van der Waals surface area (Å²) in [5, 5.41) is 2.81. The molecule has 4 nitrogen and oxygen atoms in total. The number of carbonyl (C=O) groups excluding carboxylic acids is 2. The Balaban J connectivity index is 1.59. The molecule has 0 radical (unpaired) electrons. The van der Waals surface area contributed by atoms with Gasteiger partial charge in [-0.15, -0.1) is 0 Å². The van der Waals surface area contributed by atoms with E-state index in [4.69, 9.17) is 4.74 Å². The fourth-order valence-electron chi connectivity index (χ4n) is 2.34. The Morgan fingerprint density at radius 3 is 2.56 bits per heavy atom. The second kappa shape index (κ2) is 9.57. The summed E-state index contributed by atoms with van der Waals surface area (Å²) in [6.07, 6.45) is 1.57. The monoisotopic (exact) mass is 343 g/mol. The summed E-state index contributed by atoms with van der Waals surface area (Å²) in [5.74, 6) is 0.377. The maximum atomic E-state index is 13.0. The van der Waals surface area contributed by atoms with E-state index < -0.39 is 0 Å². The van der Waals surface area contributed by atoms with Crippen LogP contribution in [0.25, 0.3) is 0 Å². The fourth-order valence-corrected chi connectivity index (χ4v) is 2.34. The lowest BCUT2D eigenvalue weighted by Gasteiger charge is -2.08. The van der Waals surface area contributed by atoms with Crippen LogP contribution in [-0.4, -0.2) is 24.8 Å². The van der Waals surface area contributed by atoms with E-state index >= 15 is 0 Å². The lowest BCUT2D eigenvalue weighted by molar-refractivity contribution is -0.121. The summed E-state index contributed by atoms with van der Waals surface area (Å²) in [6.45, 7) is 2.43. The number of benzene rings is 2. The van der Waals surface area contributed by atoms with Gasteiger partial charge in [0.15, 0.2) is 5.78 Å². The van der Waals surface area contributed by atoms with Crippen LogP contribution in [0.1, 0.15) is 35.7 Å². The zero-order chi connectivity index (χ0) is 18.1. The Labute approximate surface area is 147 Å². The zero-order valence-electron chi connectivity index (χ0n) is 14.3. The van der Waals surface area contributed by atoms with Crippen molar-refractivity contribution < 1.29 is 18.7 Å². The number of nitrogens with one attached hydrogen (secondary N) is 1. The van der Waals surface area contributed by atoms with E-state index in [1.54, 1.807) is 30.3 Å². The first-order chi connectivity index (χ1) is 12.0. The largest absolute Gasteiger partial charge is 0.494 e. The molecule has 0 unspecified atom stereocenters. The van der Waals surface area contributed by atoms with Crippen LogP contribution in [0, 0.1) is 5.82 Å². The maximum Gasteiger partial charge on any atom is 0.220 e. The Morgan fingerprint density at radius 2 is 1.88 bits per heavy atom. The highest BCUT2D eigenvalue weighted by atomic mass is 19.1. The number of hydrogen-bond donors (Lipinski definition) is 1. The van der Waals surface area contributed by atoms with E-state index in [2.05, 4.69) is 5.32 Å². The molecule has 0 aliphatic carbocycles. The van der Waals surface area contributed by atoms with Crippen LogP contribution in [0.2, 0.25) is 0 Å². The van der Waals surface area contributed by atoms with Crippen LogP contribution in [0.15, 0.2) is 48.5 Å². The number of hydrogen-bond acceptors (Lipinski definition) is 3. The van der Waals surface area contributed by atoms with E-state index in [-0.39, 0.29) is 17.5 Å². The molecule has 0 fully saturated rings. The van der Waals surface area contributed by atoms with Gasteiger partial charge in [0.05, 0.1) is 6.61 Å². The van der Waals surface area contributed by atoms with Gasteiger partial charge >= 0.3 is 0 Å². The highest BCUT2D eigenvalue weighted by Gasteiger charge is 2.03. The molecule has 0 aliphatic rings. The normalized spacial score (nSPS) is 10.3. The average Bonchev–Trinajstić information content (AvgIpc) is 2.59. The quantitative estimate of drug-likeness (QED) is 0.560. The van der Waals surface area contributed by atoms with Crippen molar-refractivity contribution in [3.8, 4) is 5.75 Å². The minimum Gasteiger partial charge on any atom is -0.494 e. The highest BCUT2D eigenvalue weighted by molar-refractivity contribution is 5.94. The molecule has 132 valence electrons. The van der Waals surface area contributed by atoms with Crippen LogP contribution >= 0.6 is 0 Å². The first kappa shape index (κ1) is 18.6. The SMILES string of the molecule is CC(=O)c1ccc(OCCCC(=O)NCCc2cccc(F)c2)cc1. The molecule has 0 atom stereocenters. The minimum absolute atomic E-state index is 0.0152. The van der Waals surface area contributed by atoms with Crippen molar-refractivity contribution in [3.05, 3.63) is 65.5 Å². The summed E-state index contributed by atoms with van der Waals surface area (Å²) in [6, 6.07) is 13.3. The van der Waals surface area contributed by atoms with Gasteiger partial charge in [-0.1, -0.05) is 12.1 Å².